The molecule has 2 rings (SSSR count). The van der Waals surface area contributed by atoms with E-state index in [1.54, 1.807) is 7.11 Å². The van der Waals surface area contributed by atoms with Gasteiger partial charge in [-0.1, -0.05) is 28.1 Å². The van der Waals surface area contributed by atoms with E-state index in [4.69, 9.17) is 14.2 Å². The number of esters is 1. The largest absolute Gasteiger partial charge is 0.497 e. The summed E-state index contributed by atoms with van der Waals surface area (Å²) in [5.74, 6) is 1.24. The Hall–Kier alpha value is -2.01. The fourth-order valence-electron chi connectivity index (χ4n) is 1.81. The molecular weight excluding hydrogens is 348 g/mol. The summed E-state index contributed by atoms with van der Waals surface area (Å²) in [6.07, 6.45) is 0.238. The van der Waals surface area contributed by atoms with Crippen molar-refractivity contribution in [1.29, 1.82) is 0 Å². The highest BCUT2D eigenvalue weighted by molar-refractivity contribution is 9.10. The summed E-state index contributed by atoms with van der Waals surface area (Å²) < 4.78 is 16.7. The van der Waals surface area contributed by atoms with Gasteiger partial charge in [-0.25, -0.2) is 0 Å². The Balaban J connectivity index is 1.67. The van der Waals surface area contributed by atoms with Gasteiger partial charge in [0, 0.05) is 4.47 Å². The minimum absolute atomic E-state index is 0.227. The van der Waals surface area contributed by atoms with Gasteiger partial charge in [0.25, 0.3) is 0 Å². The molecule has 0 bridgehead atoms. The van der Waals surface area contributed by atoms with E-state index < -0.39 is 0 Å². The maximum absolute atomic E-state index is 11.7. The second-order valence-corrected chi connectivity index (χ2v) is 5.46. The van der Waals surface area contributed by atoms with Crippen molar-refractivity contribution in [1.82, 2.24) is 0 Å². The predicted octanol–water partition coefficient (Wildman–Crippen LogP) is 3.62. The summed E-state index contributed by atoms with van der Waals surface area (Å²) in [5.41, 5.74) is 0.889. The summed E-state index contributed by atoms with van der Waals surface area (Å²) in [4.78, 5) is 11.7. The lowest BCUT2D eigenvalue weighted by Gasteiger charge is -2.08. The van der Waals surface area contributed by atoms with Crippen molar-refractivity contribution in [2.45, 2.75) is 6.42 Å². The van der Waals surface area contributed by atoms with Gasteiger partial charge in [0.15, 0.2) is 0 Å². The quantitative estimate of drug-likeness (QED) is 0.555. The number of benzene rings is 2. The standard InChI is InChI=1S/C17H17BrO4/c1-20-15-6-2-13(3-7-15)12-17(19)22-11-10-21-16-8-4-14(18)5-9-16/h2-9H,10-12H2,1H3. The van der Waals surface area contributed by atoms with Crippen LogP contribution in [-0.2, 0) is 16.0 Å². The highest BCUT2D eigenvalue weighted by atomic mass is 79.9. The topological polar surface area (TPSA) is 44.8 Å². The molecule has 0 unspecified atom stereocenters. The molecule has 0 heterocycles. The van der Waals surface area contributed by atoms with Gasteiger partial charge in [0.1, 0.15) is 24.7 Å². The Labute approximate surface area is 138 Å². The molecule has 22 heavy (non-hydrogen) atoms. The number of hydrogen-bond acceptors (Lipinski definition) is 4. The number of carbonyl (C=O) groups excluding carboxylic acids is 1. The summed E-state index contributed by atoms with van der Waals surface area (Å²) in [7, 11) is 1.61. The zero-order valence-electron chi connectivity index (χ0n) is 12.3. The van der Waals surface area contributed by atoms with Crippen LogP contribution in [0.4, 0.5) is 0 Å². The van der Waals surface area contributed by atoms with Crippen LogP contribution in [0.3, 0.4) is 0 Å². The van der Waals surface area contributed by atoms with Gasteiger partial charge in [-0.3, -0.25) is 4.79 Å². The van der Waals surface area contributed by atoms with Crippen LogP contribution in [0.25, 0.3) is 0 Å². The van der Waals surface area contributed by atoms with Crippen molar-refractivity contribution in [2.75, 3.05) is 20.3 Å². The van der Waals surface area contributed by atoms with Crippen LogP contribution in [0.15, 0.2) is 53.0 Å². The fourth-order valence-corrected chi connectivity index (χ4v) is 2.07. The Morgan fingerprint density at radius 3 is 2.23 bits per heavy atom. The van der Waals surface area contributed by atoms with Crippen LogP contribution in [0.5, 0.6) is 11.5 Å². The molecular formula is C17H17BrO4. The molecule has 5 heteroatoms. The second kappa shape index (κ2) is 8.44. The lowest BCUT2D eigenvalue weighted by atomic mass is 10.1. The van der Waals surface area contributed by atoms with Crippen LogP contribution in [0.2, 0.25) is 0 Å². The zero-order valence-corrected chi connectivity index (χ0v) is 13.8. The van der Waals surface area contributed by atoms with Gasteiger partial charge in [0.2, 0.25) is 0 Å². The highest BCUT2D eigenvalue weighted by Crippen LogP contribution is 2.16. The third-order valence-corrected chi connectivity index (χ3v) is 3.46. The van der Waals surface area contributed by atoms with E-state index in [-0.39, 0.29) is 19.0 Å². The Bertz CT molecular complexity index is 593. The molecule has 0 aliphatic rings. The SMILES string of the molecule is COc1ccc(CC(=O)OCCOc2ccc(Br)cc2)cc1. The molecule has 0 spiro atoms. The molecule has 0 fully saturated rings. The highest BCUT2D eigenvalue weighted by Gasteiger charge is 2.05. The number of carbonyl (C=O) groups is 1. The molecule has 0 atom stereocenters. The van der Waals surface area contributed by atoms with Crippen LogP contribution in [0, 0.1) is 0 Å². The molecule has 0 amide bonds. The Morgan fingerprint density at radius 2 is 1.59 bits per heavy atom. The van der Waals surface area contributed by atoms with Crippen molar-refractivity contribution in [3.63, 3.8) is 0 Å². The normalized spacial score (nSPS) is 10.1. The van der Waals surface area contributed by atoms with Crippen molar-refractivity contribution in [2.24, 2.45) is 0 Å². The van der Waals surface area contributed by atoms with Crippen LogP contribution >= 0.6 is 15.9 Å². The summed E-state index contributed by atoms with van der Waals surface area (Å²) >= 11 is 3.35. The third kappa shape index (κ3) is 5.41. The van der Waals surface area contributed by atoms with Crippen molar-refractivity contribution >= 4 is 21.9 Å². The summed E-state index contributed by atoms with van der Waals surface area (Å²) in [5, 5.41) is 0. The smallest absolute Gasteiger partial charge is 0.310 e. The van der Waals surface area contributed by atoms with Gasteiger partial charge >= 0.3 is 5.97 Å². The lowest BCUT2D eigenvalue weighted by Crippen LogP contribution is -2.14. The van der Waals surface area contributed by atoms with E-state index in [9.17, 15) is 4.79 Å². The molecule has 2 aromatic carbocycles. The number of methoxy groups -OCH3 is 1. The molecule has 0 saturated carbocycles. The van der Waals surface area contributed by atoms with E-state index in [1.165, 1.54) is 0 Å². The molecule has 0 saturated heterocycles. The van der Waals surface area contributed by atoms with Gasteiger partial charge in [-0.15, -0.1) is 0 Å². The maximum atomic E-state index is 11.7. The molecule has 0 aromatic heterocycles. The van der Waals surface area contributed by atoms with Crippen LogP contribution in [-0.4, -0.2) is 26.3 Å². The number of hydrogen-bond donors (Lipinski definition) is 0. The number of rotatable bonds is 7. The first-order chi connectivity index (χ1) is 10.7. The monoisotopic (exact) mass is 364 g/mol. The van der Waals surface area contributed by atoms with Gasteiger partial charge in [0.05, 0.1) is 13.5 Å². The fraction of sp³-hybridized carbons (Fsp3) is 0.235. The maximum Gasteiger partial charge on any atom is 0.310 e. The van der Waals surface area contributed by atoms with E-state index in [2.05, 4.69) is 15.9 Å². The van der Waals surface area contributed by atoms with Crippen LogP contribution < -0.4 is 9.47 Å². The molecule has 4 nitrogen and oxygen atoms in total. The van der Waals surface area contributed by atoms with Crippen LogP contribution in [0.1, 0.15) is 5.56 Å². The average molecular weight is 365 g/mol. The Kier molecular flexibility index (Phi) is 6.27. The third-order valence-electron chi connectivity index (χ3n) is 2.94. The minimum Gasteiger partial charge on any atom is -0.497 e. The number of halogens is 1. The van der Waals surface area contributed by atoms with E-state index in [1.807, 2.05) is 48.5 Å². The van der Waals surface area contributed by atoms with E-state index in [0.717, 1.165) is 21.5 Å². The predicted molar refractivity (Wildman–Crippen MR) is 87.3 cm³/mol. The van der Waals surface area contributed by atoms with Gasteiger partial charge in [-0.05, 0) is 42.0 Å². The molecule has 0 aliphatic heterocycles. The van der Waals surface area contributed by atoms with Crippen molar-refractivity contribution in [3.8, 4) is 11.5 Å². The minimum atomic E-state index is -0.274. The molecule has 0 aliphatic carbocycles. The van der Waals surface area contributed by atoms with E-state index >= 15 is 0 Å². The first-order valence-corrected chi connectivity index (χ1v) is 7.63. The molecule has 116 valence electrons. The van der Waals surface area contributed by atoms with E-state index in [0.29, 0.717) is 6.61 Å². The average Bonchev–Trinajstić information content (AvgIpc) is 2.54. The van der Waals surface area contributed by atoms with Gasteiger partial charge < -0.3 is 14.2 Å². The second-order valence-electron chi connectivity index (χ2n) is 4.55. The molecule has 0 radical (unpaired) electrons. The first kappa shape index (κ1) is 16.4. The van der Waals surface area contributed by atoms with Crippen molar-refractivity contribution in [3.05, 3.63) is 58.6 Å². The number of ether oxygens (including phenoxy) is 3. The molecule has 2 aromatic rings. The Morgan fingerprint density at radius 1 is 0.955 bits per heavy atom. The van der Waals surface area contributed by atoms with Crippen molar-refractivity contribution < 1.29 is 19.0 Å². The lowest BCUT2D eigenvalue weighted by molar-refractivity contribution is -0.143. The summed E-state index contributed by atoms with van der Waals surface area (Å²) in [6, 6.07) is 14.8. The zero-order chi connectivity index (χ0) is 15.8. The van der Waals surface area contributed by atoms with Gasteiger partial charge in [-0.2, -0.15) is 0 Å². The first-order valence-electron chi connectivity index (χ1n) is 6.84. The summed E-state index contributed by atoms with van der Waals surface area (Å²) in [6.45, 7) is 0.557. The molecule has 0 N–H and O–H groups in total.